The second-order valence-electron chi connectivity index (χ2n) is 6.35. The fourth-order valence-electron chi connectivity index (χ4n) is 2.53. The van der Waals surface area contributed by atoms with E-state index >= 15 is 0 Å². The predicted octanol–water partition coefficient (Wildman–Crippen LogP) is 2.56. The van der Waals surface area contributed by atoms with Crippen LogP contribution in [-0.2, 0) is 20.0 Å². The van der Waals surface area contributed by atoms with Crippen LogP contribution in [0.2, 0.25) is 0 Å². The lowest BCUT2D eigenvalue weighted by Crippen LogP contribution is -2.18. The van der Waals surface area contributed by atoms with Crippen molar-refractivity contribution in [2.24, 2.45) is 5.14 Å². The first-order valence-corrected chi connectivity index (χ1v) is 11.7. The summed E-state index contributed by atoms with van der Waals surface area (Å²) in [5, 5.41) is 19.2. The van der Waals surface area contributed by atoms with E-state index in [-0.39, 0.29) is 21.2 Å². The van der Waals surface area contributed by atoms with Gasteiger partial charge >= 0.3 is 0 Å². The highest BCUT2D eigenvalue weighted by atomic mass is 32.2. The predicted molar refractivity (Wildman–Crippen MR) is 110 cm³/mol. The van der Waals surface area contributed by atoms with Gasteiger partial charge in [0, 0.05) is 18.7 Å². The molecule has 2 rings (SSSR count). The van der Waals surface area contributed by atoms with E-state index in [1.54, 1.807) is 0 Å². The third kappa shape index (κ3) is 5.65. The van der Waals surface area contributed by atoms with Gasteiger partial charge in [-0.2, -0.15) is 0 Å². The van der Waals surface area contributed by atoms with Crippen LogP contribution in [0.4, 0.5) is 17.1 Å². The standard InChI is InChI=1S/C17H22N4O6S2/c1-3-4-9-19-15-8-7-14(28(18,24)25)11-16(15)20-29(26,27)17-10-13(21(22)23)6-5-12(17)2/h5-8,10-11,19-20H,3-4,9H2,1-2H3,(H2,18,24,25). The fourth-order valence-corrected chi connectivity index (χ4v) is 4.41. The topological polar surface area (TPSA) is 162 Å². The molecule has 12 heteroatoms. The molecule has 0 heterocycles. The zero-order valence-corrected chi connectivity index (χ0v) is 17.5. The minimum atomic E-state index is -4.25. The van der Waals surface area contributed by atoms with E-state index in [0.29, 0.717) is 17.8 Å². The third-order valence-corrected chi connectivity index (χ3v) is 6.50. The van der Waals surface area contributed by atoms with Crippen molar-refractivity contribution < 1.29 is 21.8 Å². The molecular formula is C17H22N4O6S2. The van der Waals surface area contributed by atoms with Gasteiger partial charge in [0.25, 0.3) is 15.7 Å². The maximum atomic E-state index is 12.9. The highest BCUT2D eigenvalue weighted by molar-refractivity contribution is 7.92. The summed E-state index contributed by atoms with van der Waals surface area (Å²) in [7, 11) is -8.31. The normalized spacial score (nSPS) is 11.8. The molecule has 4 N–H and O–H groups in total. The number of hydrogen-bond donors (Lipinski definition) is 3. The first-order valence-electron chi connectivity index (χ1n) is 8.64. The highest BCUT2D eigenvalue weighted by Crippen LogP contribution is 2.29. The Balaban J connectivity index is 2.52. The zero-order valence-electron chi connectivity index (χ0n) is 15.9. The molecule has 0 radical (unpaired) electrons. The molecule has 0 saturated heterocycles. The van der Waals surface area contributed by atoms with Crippen molar-refractivity contribution in [3.05, 3.63) is 52.1 Å². The van der Waals surface area contributed by atoms with Crippen LogP contribution in [0, 0.1) is 17.0 Å². The number of benzene rings is 2. The monoisotopic (exact) mass is 442 g/mol. The first-order chi connectivity index (χ1) is 13.5. The van der Waals surface area contributed by atoms with Crippen molar-refractivity contribution in [1.82, 2.24) is 0 Å². The number of primary sulfonamides is 1. The molecule has 0 unspecified atom stereocenters. The number of nitrogens with two attached hydrogens (primary N) is 1. The molecule has 0 aliphatic rings. The van der Waals surface area contributed by atoms with Crippen LogP contribution in [0.15, 0.2) is 46.2 Å². The van der Waals surface area contributed by atoms with E-state index in [2.05, 4.69) is 10.0 Å². The second kappa shape index (κ2) is 8.76. The number of hydrogen-bond acceptors (Lipinski definition) is 7. The summed E-state index contributed by atoms with van der Waals surface area (Å²) in [6.07, 6.45) is 1.71. The number of rotatable bonds is 9. The number of aryl methyl sites for hydroxylation is 1. The summed E-state index contributed by atoms with van der Waals surface area (Å²) >= 11 is 0. The maximum Gasteiger partial charge on any atom is 0.270 e. The van der Waals surface area contributed by atoms with Gasteiger partial charge in [-0.3, -0.25) is 14.8 Å². The molecule has 0 fully saturated rings. The minimum Gasteiger partial charge on any atom is -0.383 e. The van der Waals surface area contributed by atoms with Crippen molar-refractivity contribution in [1.29, 1.82) is 0 Å². The Morgan fingerprint density at radius 1 is 1.07 bits per heavy atom. The minimum absolute atomic E-state index is 0.0291. The largest absolute Gasteiger partial charge is 0.383 e. The molecular weight excluding hydrogens is 420 g/mol. The van der Waals surface area contributed by atoms with Crippen LogP contribution in [0.5, 0.6) is 0 Å². The van der Waals surface area contributed by atoms with Crippen LogP contribution in [0.25, 0.3) is 0 Å². The quantitative estimate of drug-likeness (QED) is 0.305. The van der Waals surface area contributed by atoms with Gasteiger partial charge in [0.05, 0.1) is 26.1 Å². The Hall–Kier alpha value is -2.70. The van der Waals surface area contributed by atoms with Gasteiger partial charge in [0.1, 0.15) is 0 Å². The van der Waals surface area contributed by atoms with Gasteiger partial charge < -0.3 is 5.32 Å². The maximum absolute atomic E-state index is 12.9. The Labute approximate surface area is 169 Å². The summed E-state index contributed by atoms with van der Waals surface area (Å²) in [6, 6.07) is 7.26. The van der Waals surface area contributed by atoms with Gasteiger partial charge in [-0.25, -0.2) is 22.0 Å². The van der Waals surface area contributed by atoms with Gasteiger partial charge in [0.15, 0.2) is 0 Å². The number of nitrogens with zero attached hydrogens (tertiary/aromatic N) is 1. The van der Waals surface area contributed by atoms with E-state index < -0.39 is 25.0 Å². The van der Waals surface area contributed by atoms with Crippen molar-refractivity contribution in [3.8, 4) is 0 Å². The Kier molecular flexibility index (Phi) is 6.82. The highest BCUT2D eigenvalue weighted by Gasteiger charge is 2.23. The van der Waals surface area contributed by atoms with Crippen LogP contribution < -0.4 is 15.2 Å². The van der Waals surface area contributed by atoms with E-state index in [9.17, 15) is 26.9 Å². The lowest BCUT2D eigenvalue weighted by Gasteiger charge is -2.16. The molecule has 0 saturated carbocycles. The molecule has 0 aliphatic heterocycles. The number of sulfonamides is 2. The average Bonchev–Trinajstić information content (AvgIpc) is 2.62. The van der Waals surface area contributed by atoms with Gasteiger partial charge in [-0.15, -0.1) is 0 Å². The fraction of sp³-hybridized carbons (Fsp3) is 0.294. The molecule has 2 aromatic carbocycles. The Bertz CT molecular complexity index is 1130. The number of nitro groups is 1. The van der Waals surface area contributed by atoms with Crippen molar-refractivity contribution in [2.45, 2.75) is 36.5 Å². The summed E-state index contributed by atoms with van der Waals surface area (Å²) in [6.45, 7) is 4.02. The number of unbranched alkanes of at least 4 members (excludes halogenated alkanes) is 1. The number of nitro benzene ring substituents is 1. The van der Waals surface area contributed by atoms with Crippen molar-refractivity contribution >= 4 is 37.1 Å². The third-order valence-electron chi connectivity index (χ3n) is 4.08. The molecule has 0 amide bonds. The lowest BCUT2D eigenvalue weighted by molar-refractivity contribution is -0.385. The number of non-ortho nitro benzene ring substituents is 1. The summed E-state index contributed by atoms with van der Waals surface area (Å²) < 4.78 is 51.5. The molecule has 10 nitrogen and oxygen atoms in total. The molecule has 0 spiro atoms. The van der Waals surface area contributed by atoms with Gasteiger partial charge in [0.2, 0.25) is 10.0 Å². The second-order valence-corrected chi connectivity index (χ2v) is 9.56. The average molecular weight is 443 g/mol. The number of anilines is 2. The smallest absolute Gasteiger partial charge is 0.270 e. The molecule has 158 valence electrons. The first kappa shape index (κ1) is 22.6. The van der Waals surface area contributed by atoms with Gasteiger partial charge in [-0.1, -0.05) is 19.4 Å². The summed E-state index contributed by atoms with van der Waals surface area (Å²) in [5.41, 5.74) is 0.248. The van der Waals surface area contributed by atoms with E-state index in [4.69, 9.17) is 5.14 Å². The molecule has 0 aliphatic carbocycles. The van der Waals surface area contributed by atoms with Crippen LogP contribution >= 0.6 is 0 Å². The van der Waals surface area contributed by atoms with Gasteiger partial charge in [-0.05, 0) is 37.1 Å². The van der Waals surface area contributed by atoms with Crippen molar-refractivity contribution in [3.63, 3.8) is 0 Å². The van der Waals surface area contributed by atoms with E-state index in [0.717, 1.165) is 25.0 Å². The lowest BCUT2D eigenvalue weighted by atomic mass is 10.2. The van der Waals surface area contributed by atoms with Crippen molar-refractivity contribution in [2.75, 3.05) is 16.6 Å². The molecule has 29 heavy (non-hydrogen) atoms. The zero-order chi connectivity index (χ0) is 21.8. The van der Waals surface area contributed by atoms with Crippen LogP contribution in [-0.4, -0.2) is 28.3 Å². The molecule has 2 aromatic rings. The van der Waals surface area contributed by atoms with Crippen LogP contribution in [0.3, 0.4) is 0 Å². The Morgan fingerprint density at radius 3 is 2.34 bits per heavy atom. The number of nitrogens with one attached hydrogen (secondary N) is 2. The van der Waals surface area contributed by atoms with Crippen LogP contribution in [0.1, 0.15) is 25.3 Å². The van der Waals surface area contributed by atoms with E-state index in [1.807, 2.05) is 6.92 Å². The molecule has 0 atom stereocenters. The summed E-state index contributed by atoms with van der Waals surface area (Å²) in [5.74, 6) is 0. The SMILES string of the molecule is CCCCNc1ccc(S(N)(=O)=O)cc1NS(=O)(=O)c1cc([N+](=O)[O-])ccc1C. The summed E-state index contributed by atoms with van der Waals surface area (Å²) in [4.78, 5) is 9.75. The molecule has 0 aromatic heterocycles. The molecule has 0 bridgehead atoms. The van der Waals surface area contributed by atoms with E-state index in [1.165, 1.54) is 31.2 Å². The Morgan fingerprint density at radius 2 is 1.76 bits per heavy atom.